The summed E-state index contributed by atoms with van der Waals surface area (Å²) in [4.78, 5) is 17.4. The molecule has 0 radical (unpaired) electrons. The number of rotatable bonds is 3. The number of amides is 1. The summed E-state index contributed by atoms with van der Waals surface area (Å²) in [5.74, 6) is 0.272. The van der Waals surface area contributed by atoms with E-state index in [0.29, 0.717) is 6.04 Å². The number of nitrogens with zero attached hydrogens (tertiary/aromatic N) is 4. The predicted molar refractivity (Wildman–Crippen MR) is 97.3 cm³/mol. The molecule has 0 aliphatic carbocycles. The zero-order valence-electron chi connectivity index (χ0n) is 15.3. The fraction of sp³-hybridized carbons (Fsp3) is 0.500. The van der Waals surface area contributed by atoms with Crippen LogP contribution < -0.4 is 0 Å². The molecule has 2 aromatic rings. The summed E-state index contributed by atoms with van der Waals surface area (Å²) in [6.07, 6.45) is 0.823. The zero-order valence-corrected chi connectivity index (χ0v) is 15.3. The molecule has 3 heterocycles. The molecule has 1 saturated heterocycles. The van der Waals surface area contributed by atoms with Gasteiger partial charge in [0.2, 0.25) is 5.91 Å². The van der Waals surface area contributed by atoms with E-state index in [4.69, 9.17) is 0 Å². The summed E-state index contributed by atoms with van der Waals surface area (Å²) >= 11 is 0. The number of hydrogen-bond donors (Lipinski definition) is 0. The standard InChI is InChI=1S/C20H26N4O/c1-4-22-11-17-8-6-5-7-16(17)10-19(22)20(25)23-12-18(13-23)24-15(3)9-14(2)21-24/h5-9,18-19H,4,10-13H2,1-3H3/t19-/m1/s1. The lowest BCUT2D eigenvalue weighted by Crippen LogP contribution is -2.58. The van der Waals surface area contributed by atoms with Crippen molar-refractivity contribution in [3.05, 3.63) is 52.8 Å². The largest absolute Gasteiger partial charge is 0.337 e. The highest BCUT2D eigenvalue weighted by atomic mass is 16.2. The van der Waals surface area contributed by atoms with Gasteiger partial charge in [0.05, 0.1) is 17.8 Å². The lowest BCUT2D eigenvalue weighted by Gasteiger charge is -2.44. The lowest BCUT2D eigenvalue weighted by atomic mass is 9.92. The van der Waals surface area contributed by atoms with E-state index >= 15 is 0 Å². The molecule has 1 fully saturated rings. The van der Waals surface area contributed by atoms with E-state index in [1.165, 1.54) is 16.8 Å². The Hall–Kier alpha value is -2.14. The number of carbonyl (C=O) groups excluding carboxylic acids is 1. The van der Waals surface area contributed by atoms with E-state index in [0.717, 1.165) is 38.3 Å². The molecule has 25 heavy (non-hydrogen) atoms. The molecular formula is C20H26N4O. The van der Waals surface area contributed by atoms with Crippen LogP contribution in [0.2, 0.25) is 0 Å². The minimum Gasteiger partial charge on any atom is -0.337 e. The van der Waals surface area contributed by atoms with E-state index in [1.54, 1.807) is 0 Å². The second-order valence-corrected chi connectivity index (χ2v) is 7.32. The minimum atomic E-state index is -0.0266. The SMILES string of the molecule is CCN1Cc2ccccc2C[C@@H]1C(=O)N1CC(n2nc(C)cc2C)C1. The number of fused-ring (bicyclic) bond motifs is 1. The highest BCUT2D eigenvalue weighted by Gasteiger charge is 2.39. The average Bonchev–Trinajstić information content (AvgIpc) is 2.90. The van der Waals surface area contributed by atoms with Crippen molar-refractivity contribution in [2.75, 3.05) is 19.6 Å². The van der Waals surface area contributed by atoms with E-state index in [1.807, 2.05) is 11.8 Å². The average molecular weight is 338 g/mol. The van der Waals surface area contributed by atoms with Gasteiger partial charge in [-0.15, -0.1) is 0 Å². The van der Waals surface area contributed by atoms with E-state index < -0.39 is 0 Å². The minimum absolute atomic E-state index is 0.0266. The van der Waals surface area contributed by atoms with Crippen molar-refractivity contribution in [3.8, 4) is 0 Å². The van der Waals surface area contributed by atoms with E-state index in [9.17, 15) is 4.79 Å². The molecule has 1 atom stereocenters. The Balaban J connectivity index is 1.46. The lowest BCUT2D eigenvalue weighted by molar-refractivity contribution is -0.143. The second kappa shape index (κ2) is 6.30. The Kier molecular flexibility index (Phi) is 4.12. The van der Waals surface area contributed by atoms with Crippen LogP contribution in [0.5, 0.6) is 0 Å². The van der Waals surface area contributed by atoms with Crippen molar-refractivity contribution in [1.82, 2.24) is 19.6 Å². The molecule has 4 rings (SSSR count). The molecule has 0 N–H and O–H groups in total. The summed E-state index contributed by atoms with van der Waals surface area (Å²) in [5.41, 5.74) is 4.90. The molecule has 5 nitrogen and oxygen atoms in total. The highest BCUT2D eigenvalue weighted by Crippen LogP contribution is 2.28. The first-order valence-electron chi connectivity index (χ1n) is 9.19. The second-order valence-electron chi connectivity index (χ2n) is 7.32. The quantitative estimate of drug-likeness (QED) is 0.862. The van der Waals surface area contributed by atoms with Gasteiger partial charge in [0.25, 0.3) is 0 Å². The van der Waals surface area contributed by atoms with Gasteiger partial charge in [0, 0.05) is 25.3 Å². The molecule has 1 aromatic heterocycles. The van der Waals surface area contributed by atoms with Crippen molar-refractivity contribution in [2.45, 2.75) is 45.8 Å². The third-order valence-electron chi connectivity index (χ3n) is 5.60. The van der Waals surface area contributed by atoms with Crippen LogP contribution >= 0.6 is 0 Å². The van der Waals surface area contributed by atoms with Crippen molar-refractivity contribution < 1.29 is 4.79 Å². The first-order chi connectivity index (χ1) is 12.1. The summed E-state index contributed by atoms with van der Waals surface area (Å²) in [6, 6.07) is 10.9. The van der Waals surface area contributed by atoms with Crippen LogP contribution in [-0.2, 0) is 17.8 Å². The highest BCUT2D eigenvalue weighted by molar-refractivity contribution is 5.83. The van der Waals surface area contributed by atoms with Gasteiger partial charge in [-0.1, -0.05) is 31.2 Å². The fourth-order valence-corrected chi connectivity index (χ4v) is 4.17. The molecule has 0 spiro atoms. The van der Waals surface area contributed by atoms with Crippen LogP contribution in [-0.4, -0.2) is 51.2 Å². The summed E-state index contributed by atoms with van der Waals surface area (Å²) < 4.78 is 2.08. The van der Waals surface area contributed by atoms with Crippen LogP contribution in [0.15, 0.2) is 30.3 Å². The summed E-state index contributed by atoms with van der Waals surface area (Å²) in [6.45, 7) is 9.57. The number of likely N-dealkylation sites (tertiary alicyclic amines) is 1. The molecule has 0 bridgehead atoms. The Morgan fingerprint density at radius 3 is 2.56 bits per heavy atom. The first-order valence-corrected chi connectivity index (χ1v) is 9.19. The van der Waals surface area contributed by atoms with Gasteiger partial charge in [-0.05, 0) is 44.0 Å². The Labute approximate surface area is 149 Å². The van der Waals surface area contributed by atoms with Crippen molar-refractivity contribution in [1.29, 1.82) is 0 Å². The van der Waals surface area contributed by atoms with Crippen LogP contribution in [0.25, 0.3) is 0 Å². The maximum absolute atomic E-state index is 13.1. The van der Waals surface area contributed by atoms with Crippen LogP contribution in [0.3, 0.4) is 0 Å². The zero-order chi connectivity index (χ0) is 17.6. The molecule has 5 heteroatoms. The smallest absolute Gasteiger partial charge is 0.240 e. The Morgan fingerprint density at radius 2 is 1.92 bits per heavy atom. The molecule has 0 saturated carbocycles. The maximum Gasteiger partial charge on any atom is 0.240 e. The van der Waals surface area contributed by atoms with Gasteiger partial charge in [0.1, 0.15) is 0 Å². The van der Waals surface area contributed by atoms with Gasteiger partial charge >= 0.3 is 0 Å². The van der Waals surface area contributed by atoms with Gasteiger partial charge in [-0.25, -0.2) is 0 Å². The molecular weight excluding hydrogens is 312 g/mol. The molecule has 1 amide bonds. The predicted octanol–water partition coefficient (Wildman–Crippen LogP) is 2.33. The molecule has 0 unspecified atom stereocenters. The third-order valence-corrected chi connectivity index (χ3v) is 5.60. The summed E-state index contributed by atoms with van der Waals surface area (Å²) in [5, 5.41) is 4.57. The normalized spacial score (nSPS) is 21.1. The molecule has 1 aromatic carbocycles. The summed E-state index contributed by atoms with van der Waals surface area (Å²) in [7, 11) is 0. The van der Waals surface area contributed by atoms with Gasteiger partial charge in [-0.3, -0.25) is 14.4 Å². The van der Waals surface area contributed by atoms with Gasteiger partial charge in [-0.2, -0.15) is 5.10 Å². The Bertz CT molecular complexity index is 791. The van der Waals surface area contributed by atoms with Crippen molar-refractivity contribution >= 4 is 5.91 Å². The molecule has 132 valence electrons. The number of aryl methyl sites for hydroxylation is 2. The number of carbonyl (C=O) groups is 1. The van der Waals surface area contributed by atoms with Crippen LogP contribution in [0.4, 0.5) is 0 Å². The number of likely N-dealkylation sites (N-methyl/N-ethyl adjacent to an activating group) is 1. The monoisotopic (exact) mass is 338 g/mol. The van der Waals surface area contributed by atoms with Crippen molar-refractivity contribution in [2.24, 2.45) is 0 Å². The number of benzene rings is 1. The molecule has 2 aliphatic rings. The number of hydrogen-bond acceptors (Lipinski definition) is 3. The first kappa shape index (κ1) is 16.3. The Morgan fingerprint density at radius 1 is 1.20 bits per heavy atom. The third kappa shape index (κ3) is 2.86. The fourth-order valence-electron chi connectivity index (χ4n) is 4.17. The van der Waals surface area contributed by atoms with E-state index in [2.05, 4.69) is 58.9 Å². The van der Waals surface area contributed by atoms with Crippen molar-refractivity contribution in [3.63, 3.8) is 0 Å². The van der Waals surface area contributed by atoms with Crippen LogP contribution in [0, 0.1) is 13.8 Å². The maximum atomic E-state index is 13.1. The van der Waals surface area contributed by atoms with Crippen LogP contribution in [0.1, 0.15) is 35.5 Å². The number of aromatic nitrogens is 2. The topological polar surface area (TPSA) is 41.4 Å². The molecule has 2 aliphatic heterocycles. The van der Waals surface area contributed by atoms with Gasteiger partial charge in [0.15, 0.2) is 0 Å². The van der Waals surface area contributed by atoms with Gasteiger partial charge < -0.3 is 4.90 Å². The van der Waals surface area contributed by atoms with E-state index in [-0.39, 0.29) is 11.9 Å².